The second-order valence-electron chi connectivity index (χ2n) is 8.68. The number of aryl methyl sites for hydroxylation is 1. The topological polar surface area (TPSA) is 62.7 Å². The van der Waals surface area contributed by atoms with E-state index in [1.165, 1.54) is 5.56 Å². The number of hydrogen-bond acceptors (Lipinski definition) is 5. The highest BCUT2D eigenvalue weighted by Crippen LogP contribution is 2.44. The molecule has 2 unspecified atom stereocenters. The lowest BCUT2D eigenvalue weighted by Gasteiger charge is -2.37. The average Bonchev–Trinajstić information content (AvgIpc) is 3.13. The van der Waals surface area contributed by atoms with Gasteiger partial charge in [-0.25, -0.2) is 0 Å². The van der Waals surface area contributed by atoms with E-state index < -0.39 is 5.60 Å². The summed E-state index contributed by atoms with van der Waals surface area (Å²) in [4.78, 5) is 17.4. The quantitative estimate of drug-likeness (QED) is 0.615. The first-order valence-electron chi connectivity index (χ1n) is 11.1. The molecule has 1 aliphatic carbocycles. The third-order valence-electron chi connectivity index (χ3n) is 6.24. The zero-order valence-electron chi connectivity index (χ0n) is 19.1. The molecule has 0 fully saturated rings. The molecule has 1 aliphatic heterocycles. The monoisotopic (exact) mass is 466 g/mol. The summed E-state index contributed by atoms with van der Waals surface area (Å²) in [6, 6.07) is 19.4. The first-order chi connectivity index (χ1) is 15.5. The predicted molar refractivity (Wildman–Crippen MR) is 132 cm³/mol. The Morgan fingerprint density at radius 3 is 2.55 bits per heavy atom. The molecule has 0 saturated carbocycles. The van der Waals surface area contributed by atoms with Crippen LogP contribution in [0.15, 0.2) is 73.1 Å². The van der Waals surface area contributed by atoms with Crippen molar-refractivity contribution in [1.82, 2.24) is 9.88 Å². The number of carbonyl (C=O) groups excluding carboxylic acids is 1. The minimum atomic E-state index is -1.09. The summed E-state index contributed by atoms with van der Waals surface area (Å²) < 4.78 is 5.88. The summed E-state index contributed by atoms with van der Waals surface area (Å²) in [5.41, 5.74) is 2.70. The number of benzene rings is 2. The van der Waals surface area contributed by atoms with Crippen molar-refractivity contribution in [2.75, 3.05) is 27.2 Å². The number of aliphatic hydroxyl groups is 1. The van der Waals surface area contributed by atoms with Crippen LogP contribution in [0.2, 0.25) is 0 Å². The standard InChI is InChI=1S/C18H22N2O2.C9H8O.ClH/c1-20(2)13-15-9-11-22-17-8-4-3-7-16(17)18(15,21)14-6-5-10-19-12-14;10-9-6-5-7-3-1-2-4-8(7)9;/h3-8,10,12,15,21H,9,11,13H2,1-2H3;1-4H,5-6H2;1H. The molecule has 2 heterocycles. The van der Waals surface area contributed by atoms with Crippen molar-refractivity contribution < 1.29 is 14.6 Å². The second kappa shape index (κ2) is 10.9. The molecule has 2 aliphatic rings. The van der Waals surface area contributed by atoms with E-state index in [1.807, 2.05) is 74.8 Å². The van der Waals surface area contributed by atoms with Crippen molar-refractivity contribution >= 4 is 18.2 Å². The summed E-state index contributed by atoms with van der Waals surface area (Å²) >= 11 is 0. The van der Waals surface area contributed by atoms with E-state index in [-0.39, 0.29) is 18.3 Å². The predicted octanol–water partition coefficient (Wildman–Crippen LogP) is 4.52. The molecule has 0 saturated heterocycles. The van der Waals surface area contributed by atoms with Crippen LogP contribution in [0.25, 0.3) is 0 Å². The number of carbonyl (C=O) groups is 1. The zero-order valence-corrected chi connectivity index (χ0v) is 19.9. The van der Waals surface area contributed by atoms with Crippen LogP contribution in [0, 0.1) is 5.92 Å². The van der Waals surface area contributed by atoms with E-state index in [4.69, 9.17) is 4.74 Å². The number of fused-ring (bicyclic) bond motifs is 2. The summed E-state index contributed by atoms with van der Waals surface area (Å²) in [5, 5.41) is 11.7. The lowest BCUT2D eigenvalue weighted by atomic mass is 9.75. The van der Waals surface area contributed by atoms with Crippen molar-refractivity contribution in [3.05, 3.63) is 95.3 Å². The number of hydrogen-bond donors (Lipinski definition) is 1. The fraction of sp³-hybridized carbons (Fsp3) is 0.333. The van der Waals surface area contributed by atoms with Gasteiger partial charge in [-0.2, -0.15) is 0 Å². The number of ketones is 1. The molecule has 6 heteroatoms. The summed E-state index contributed by atoms with van der Waals surface area (Å²) in [6.07, 6.45) is 5.92. The minimum Gasteiger partial charge on any atom is -0.493 e. The molecule has 2 aromatic carbocycles. The van der Waals surface area contributed by atoms with Gasteiger partial charge in [-0.1, -0.05) is 48.5 Å². The molecular formula is C27H31ClN2O3. The molecule has 1 N–H and O–H groups in total. The molecule has 1 aromatic heterocycles. The van der Waals surface area contributed by atoms with Gasteiger partial charge in [-0.15, -0.1) is 12.4 Å². The van der Waals surface area contributed by atoms with Gasteiger partial charge < -0.3 is 14.7 Å². The highest BCUT2D eigenvalue weighted by molar-refractivity contribution is 6.00. The van der Waals surface area contributed by atoms with Gasteiger partial charge in [-0.3, -0.25) is 9.78 Å². The van der Waals surface area contributed by atoms with Crippen molar-refractivity contribution in [3.8, 4) is 5.75 Å². The molecule has 174 valence electrons. The Kier molecular flexibility index (Phi) is 8.25. The third-order valence-corrected chi connectivity index (χ3v) is 6.24. The van der Waals surface area contributed by atoms with Gasteiger partial charge in [0.2, 0.25) is 0 Å². The molecular weight excluding hydrogens is 436 g/mol. The fourth-order valence-electron chi connectivity index (χ4n) is 4.68. The molecule has 5 rings (SSSR count). The number of pyridine rings is 1. The van der Waals surface area contributed by atoms with Crippen LogP contribution in [-0.2, 0) is 12.0 Å². The van der Waals surface area contributed by atoms with E-state index >= 15 is 0 Å². The van der Waals surface area contributed by atoms with Gasteiger partial charge in [-0.05, 0) is 44.6 Å². The molecule has 33 heavy (non-hydrogen) atoms. The molecule has 2 atom stereocenters. The number of ether oxygens (including phenoxy) is 1. The van der Waals surface area contributed by atoms with Crippen molar-refractivity contribution in [3.63, 3.8) is 0 Å². The Morgan fingerprint density at radius 2 is 1.82 bits per heavy atom. The van der Waals surface area contributed by atoms with E-state index in [0.29, 0.717) is 18.8 Å². The fourth-order valence-corrected chi connectivity index (χ4v) is 4.68. The number of rotatable bonds is 3. The Balaban J connectivity index is 0.000000233. The maximum absolute atomic E-state index is 11.7. The van der Waals surface area contributed by atoms with Gasteiger partial charge in [0.25, 0.3) is 0 Å². The van der Waals surface area contributed by atoms with Crippen LogP contribution in [0.4, 0.5) is 0 Å². The van der Waals surface area contributed by atoms with Crippen molar-refractivity contribution in [2.45, 2.75) is 24.9 Å². The number of Topliss-reactive ketones (excluding diaryl/α,β-unsaturated/α-hetero) is 1. The average molecular weight is 467 g/mol. The van der Waals surface area contributed by atoms with E-state index in [9.17, 15) is 9.90 Å². The Morgan fingerprint density at radius 1 is 1.06 bits per heavy atom. The lowest BCUT2D eigenvalue weighted by molar-refractivity contribution is 0.00358. The summed E-state index contributed by atoms with van der Waals surface area (Å²) in [5.74, 6) is 1.10. The number of aromatic nitrogens is 1. The minimum absolute atomic E-state index is 0. The smallest absolute Gasteiger partial charge is 0.163 e. The maximum atomic E-state index is 11.7. The molecule has 0 bridgehead atoms. The molecule has 0 spiro atoms. The SMILES string of the molecule is CN(C)CC1CCOc2ccccc2C1(O)c1cccnc1.Cl.O=C1CCc2ccccc21. The first kappa shape index (κ1) is 24.9. The van der Waals surface area contributed by atoms with Gasteiger partial charge in [0.1, 0.15) is 11.4 Å². The van der Waals surface area contributed by atoms with Gasteiger partial charge in [0, 0.05) is 48.0 Å². The number of halogens is 1. The number of para-hydroxylation sites is 1. The highest BCUT2D eigenvalue weighted by Gasteiger charge is 2.44. The van der Waals surface area contributed by atoms with Gasteiger partial charge in [0.15, 0.2) is 5.78 Å². The Labute approximate surface area is 201 Å². The van der Waals surface area contributed by atoms with Crippen molar-refractivity contribution in [1.29, 1.82) is 0 Å². The van der Waals surface area contributed by atoms with E-state index in [1.54, 1.807) is 12.4 Å². The Bertz CT molecular complexity index is 1070. The second-order valence-corrected chi connectivity index (χ2v) is 8.68. The number of nitrogens with zero attached hydrogens (tertiary/aromatic N) is 2. The van der Waals surface area contributed by atoms with Crippen molar-refractivity contribution in [2.24, 2.45) is 5.92 Å². The molecule has 3 aromatic rings. The molecule has 5 nitrogen and oxygen atoms in total. The molecule has 0 amide bonds. The van der Waals surface area contributed by atoms with E-state index in [2.05, 4.69) is 9.88 Å². The Hall–Kier alpha value is -2.73. The van der Waals surface area contributed by atoms with Crippen LogP contribution in [0.1, 0.15) is 39.9 Å². The zero-order chi connectivity index (χ0) is 22.6. The summed E-state index contributed by atoms with van der Waals surface area (Å²) in [7, 11) is 4.06. The van der Waals surface area contributed by atoms with Crippen LogP contribution in [0.5, 0.6) is 5.75 Å². The van der Waals surface area contributed by atoms with Crippen LogP contribution >= 0.6 is 12.4 Å². The lowest BCUT2D eigenvalue weighted by Crippen LogP contribution is -2.41. The van der Waals surface area contributed by atoms with Crippen LogP contribution in [0.3, 0.4) is 0 Å². The van der Waals surface area contributed by atoms with Crippen LogP contribution in [-0.4, -0.2) is 48.0 Å². The maximum Gasteiger partial charge on any atom is 0.163 e. The first-order valence-corrected chi connectivity index (χ1v) is 11.1. The van der Waals surface area contributed by atoms with Gasteiger partial charge >= 0.3 is 0 Å². The van der Waals surface area contributed by atoms with Crippen LogP contribution < -0.4 is 4.74 Å². The van der Waals surface area contributed by atoms with E-state index in [0.717, 1.165) is 41.8 Å². The largest absolute Gasteiger partial charge is 0.493 e. The normalized spacial score (nSPS) is 21.0. The highest BCUT2D eigenvalue weighted by atomic mass is 35.5. The van der Waals surface area contributed by atoms with Gasteiger partial charge in [0.05, 0.1) is 6.61 Å². The molecule has 0 radical (unpaired) electrons. The third kappa shape index (κ3) is 5.27. The summed E-state index contributed by atoms with van der Waals surface area (Å²) in [6.45, 7) is 1.39.